The van der Waals surface area contributed by atoms with Gasteiger partial charge in [-0.15, -0.1) is 0 Å². The number of amides is 3. The van der Waals surface area contributed by atoms with E-state index in [2.05, 4.69) is 10.2 Å². The van der Waals surface area contributed by atoms with Gasteiger partial charge in [-0.3, -0.25) is 19.7 Å². The Labute approximate surface area is 248 Å². The zero-order valence-electron chi connectivity index (χ0n) is 24.6. The van der Waals surface area contributed by atoms with E-state index in [1.54, 1.807) is 30.1 Å². The number of nitrogens with zero attached hydrogens (tertiary/aromatic N) is 5. The topological polar surface area (TPSA) is 132 Å². The lowest BCUT2D eigenvalue weighted by molar-refractivity contribution is -0.384. The quantitative estimate of drug-likeness (QED) is 0.117. The maximum atomic E-state index is 13.9. The number of aromatic nitrogens is 2. The van der Waals surface area contributed by atoms with Crippen molar-refractivity contribution in [3.8, 4) is 0 Å². The van der Waals surface area contributed by atoms with Crippen molar-refractivity contribution in [3.05, 3.63) is 76.1 Å². The number of carbonyl (C=O) groups excluding carboxylic acids is 3. The van der Waals surface area contributed by atoms with Gasteiger partial charge in [0, 0.05) is 72.6 Å². The van der Waals surface area contributed by atoms with Crippen LogP contribution in [0.4, 0.5) is 10.5 Å². The zero-order valence-corrected chi connectivity index (χ0v) is 24.6. The van der Waals surface area contributed by atoms with Gasteiger partial charge in [-0.05, 0) is 45.6 Å². The second-order valence-electron chi connectivity index (χ2n) is 11.0. The first kappa shape index (κ1) is 29.5. The Hall–Kier alpha value is -4.97. The van der Waals surface area contributed by atoms with Gasteiger partial charge >= 0.3 is 6.09 Å². The average Bonchev–Trinajstić information content (AvgIpc) is 3.56. The fourth-order valence-corrected chi connectivity index (χ4v) is 5.53. The molecule has 0 atom stereocenters. The number of para-hydroxylation sites is 1. The molecule has 0 fully saturated rings. The molecule has 12 heteroatoms. The Morgan fingerprint density at radius 2 is 1.49 bits per heavy atom. The molecule has 2 aromatic carbocycles. The van der Waals surface area contributed by atoms with Crippen LogP contribution in [0.3, 0.4) is 0 Å². The summed E-state index contributed by atoms with van der Waals surface area (Å²) in [4.78, 5) is 58.9. The Bertz CT molecular complexity index is 1780. The van der Waals surface area contributed by atoms with E-state index in [1.807, 2.05) is 50.0 Å². The van der Waals surface area contributed by atoms with Crippen molar-refractivity contribution < 1.29 is 24.1 Å². The number of hydrogen-bond acceptors (Lipinski definition) is 7. The fraction of sp³-hybridized carbons (Fsp3) is 0.323. The van der Waals surface area contributed by atoms with Gasteiger partial charge < -0.3 is 24.2 Å². The number of unbranched alkanes of at least 4 members (excludes halogenated alkanes) is 3. The third-order valence-electron chi connectivity index (χ3n) is 7.64. The average molecular weight is 587 g/mol. The van der Waals surface area contributed by atoms with Crippen molar-refractivity contribution >= 4 is 56.5 Å². The molecule has 12 nitrogen and oxygen atoms in total. The predicted octanol–water partition coefficient (Wildman–Crippen LogP) is 4.62. The minimum atomic E-state index is -0.901. The highest BCUT2D eigenvalue weighted by molar-refractivity contribution is 6.50. The lowest BCUT2D eigenvalue weighted by Crippen LogP contribution is -2.38. The van der Waals surface area contributed by atoms with Gasteiger partial charge in [0.05, 0.1) is 21.6 Å². The van der Waals surface area contributed by atoms with E-state index in [4.69, 9.17) is 4.84 Å². The summed E-state index contributed by atoms with van der Waals surface area (Å²) in [5, 5.41) is 15.8. The summed E-state index contributed by atoms with van der Waals surface area (Å²) < 4.78 is 3.52. The highest BCUT2D eigenvalue weighted by Crippen LogP contribution is 2.42. The van der Waals surface area contributed by atoms with E-state index >= 15 is 0 Å². The largest absolute Gasteiger partial charge is 0.432 e. The number of fused-ring (bicyclic) bond motifs is 2. The second-order valence-corrected chi connectivity index (χ2v) is 11.0. The van der Waals surface area contributed by atoms with Crippen molar-refractivity contribution in [2.45, 2.75) is 25.7 Å². The first-order valence-electron chi connectivity index (χ1n) is 14.1. The first-order chi connectivity index (χ1) is 20.6. The van der Waals surface area contributed by atoms with Crippen molar-refractivity contribution in [2.24, 2.45) is 14.1 Å². The van der Waals surface area contributed by atoms with E-state index in [0.29, 0.717) is 33.6 Å². The maximum absolute atomic E-state index is 13.9. The van der Waals surface area contributed by atoms with Gasteiger partial charge in [0.2, 0.25) is 0 Å². The van der Waals surface area contributed by atoms with Crippen LogP contribution in [0, 0.1) is 10.1 Å². The van der Waals surface area contributed by atoms with E-state index in [9.17, 15) is 24.5 Å². The molecule has 43 heavy (non-hydrogen) atoms. The molecule has 0 unspecified atom stereocenters. The Kier molecular flexibility index (Phi) is 8.31. The van der Waals surface area contributed by atoms with Crippen LogP contribution in [0.2, 0.25) is 0 Å². The van der Waals surface area contributed by atoms with Crippen LogP contribution in [0.5, 0.6) is 0 Å². The molecule has 0 bridgehead atoms. The highest BCUT2D eigenvalue weighted by Gasteiger charge is 2.44. The molecule has 0 spiro atoms. The fourth-order valence-electron chi connectivity index (χ4n) is 5.53. The summed E-state index contributed by atoms with van der Waals surface area (Å²) in [6, 6.07) is 11.8. The molecular formula is C31H34N6O6. The standard InChI is InChI=1S/C31H34N6O6/c1-33(2)16-10-6-5-9-15-32-31(40)43-36-29(38)27(23-18-34(3)25-12-8-7-11-21(23)25)28(30(36)39)24-19-35(4)26-17-20(37(41)42)13-14-22(24)26/h7-8,11-14,17-19H,5-6,9-10,15-16H2,1-4H3,(H,32,40). The van der Waals surface area contributed by atoms with E-state index in [-0.39, 0.29) is 16.8 Å². The number of non-ortho nitro benzene ring substituents is 1. The number of benzene rings is 2. The summed E-state index contributed by atoms with van der Waals surface area (Å²) in [6.45, 7) is 1.34. The molecule has 1 aliphatic heterocycles. The van der Waals surface area contributed by atoms with Gasteiger partial charge in [-0.2, -0.15) is 0 Å². The van der Waals surface area contributed by atoms with E-state index < -0.39 is 22.8 Å². The zero-order chi connectivity index (χ0) is 30.8. The molecule has 5 rings (SSSR count). The molecule has 1 N–H and O–H groups in total. The SMILES string of the molecule is CN(C)CCCCCCNC(=O)ON1C(=O)C(c2cn(C)c3ccccc23)=C(c2cn(C)c3cc([N+](=O)[O-])ccc23)C1=O. The molecule has 3 heterocycles. The summed E-state index contributed by atoms with van der Waals surface area (Å²) >= 11 is 0. The van der Waals surface area contributed by atoms with Gasteiger partial charge in [0.15, 0.2) is 0 Å². The molecule has 0 saturated carbocycles. The molecule has 224 valence electrons. The normalized spacial score (nSPS) is 13.7. The minimum absolute atomic E-state index is 0.0505. The summed E-state index contributed by atoms with van der Waals surface area (Å²) in [7, 11) is 7.59. The number of hydrogen-bond donors (Lipinski definition) is 1. The van der Waals surface area contributed by atoms with Crippen molar-refractivity contribution in [1.29, 1.82) is 0 Å². The number of hydroxylamine groups is 2. The Morgan fingerprint density at radius 1 is 0.884 bits per heavy atom. The maximum Gasteiger partial charge on any atom is 0.432 e. The molecule has 1 aliphatic rings. The summed E-state index contributed by atoms with van der Waals surface area (Å²) in [5.41, 5.74) is 2.30. The van der Waals surface area contributed by atoms with Crippen molar-refractivity contribution in [2.75, 3.05) is 27.2 Å². The number of carbonyl (C=O) groups is 3. The predicted molar refractivity (Wildman–Crippen MR) is 163 cm³/mol. The van der Waals surface area contributed by atoms with Gasteiger partial charge in [0.1, 0.15) is 0 Å². The minimum Gasteiger partial charge on any atom is -0.350 e. The van der Waals surface area contributed by atoms with Crippen LogP contribution < -0.4 is 5.32 Å². The Balaban J connectivity index is 1.48. The first-order valence-corrected chi connectivity index (χ1v) is 14.1. The van der Waals surface area contributed by atoms with Gasteiger partial charge in [-0.25, -0.2) is 4.79 Å². The number of nitro groups is 1. The van der Waals surface area contributed by atoms with E-state index in [0.717, 1.165) is 43.1 Å². The highest BCUT2D eigenvalue weighted by atomic mass is 16.7. The van der Waals surface area contributed by atoms with Crippen LogP contribution in [0.15, 0.2) is 54.9 Å². The number of nitrogens with one attached hydrogen (secondary N) is 1. The van der Waals surface area contributed by atoms with Crippen LogP contribution in [0.25, 0.3) is 33.0 Å². The molecule has 0 saturated heterocycles. The van der Waals surface area contributed by atoms with Crippen molar-refractivity contribution in [3.63, 3.8) is 0 Å². The second kappa shape index (κ2) is 12.1. The summed E-state index contributed by atoms with van der Waals surface area (Å²) in [5.74, 6) is -1.56. The molecule has 0 radical (unpaired) electrons. The van der Waals surface area contributed by atoms with Gasteiger partial charge in [0.25, 0.3) is 17.5 Å². The molecule has 0 aliphatic carbocycles. The number of nitro benzene ring substituents is 1. The van der Waals surface area contributed by atoms with Crippen LogP contribution >= 0.6 is 0 Å². The molecule has 3 amide bonds. The van der Waals surface area contributed by atoms with Crippen molar-refractivity contribution in [1.82, 2.24) is 24.4 Å². The smallest absolute Gasteiger partial charge is 0.350 e. The number of imide groups is 1. The lowest BCUT2D eigenvalue weighted by atomic mass is 9.95. The molecular weight excluding hydrogens is 552 g/mol. The third kappa shape index (κ3) is 5.73. The third-order valence-corrected chi connectivity index (χ3v) is 7.64. The Morgan fingerprint density at radius 3 is 2.14 bits per heavy atom. The lowest BCUT2D eigenvalue weighted by Gasteiger charge is -2.14. The van der Waals surface area contributed by atoms with Crippen LogP contribution in [-0.4, -0.2) is 69.1 Å². The molecule has 4 aromatic rings. The van der Waals surface area contributed by atoms with Gasteiger partial charge in [-0.1, -0.05) is 36.1 Å². The van der Waals surface area contributed by atoms with Crippen LogP contribution in [-0.2, 0) is 28.5 Å². The van der Waals surface area contributed by atoms with E-state index in [1.165, 1.54) is 12.1 Å². The number of rotatable bonds is 11. The molecule has 2 aromatic heterocycles. The number of aryl methyl sites for hydroxylation is 2. The van der Waals surface area contributed by atoms with Crippen LogP contribution in [0.1, 0.15) is 36.8 Å². The summed E-state index contributed by atoms with van der Waals surface area (Å²) in [6.07, 6.45) is 6.25. The monoisotopic (exact) mass is 586 g/mol.